The lowest BCUT2D eigenvalue weighted by molar-refractivity contribution is -0.0428. The van der Waals surface area contributed by atoms with E-state index in [1.54, 1.807) is 36.0 Å². The second kappa shape index (κ2) is 5.76. The molecule has 0 amide bonds. The third-order valence-corrected chi connectivity index (χ3v) is 6.75. The summed E-state index contributed by atoms with van der Waals surface area (Å²) in [4.78, 5) is 5.69. The molecule has 4 aliphatic rings. The maximum Gasteiger partial charge on any atom is 0.278 e. The second-order valence-corrected chi connectivity index (χ2v) is 8.53. The average Bonchev–Trinajstić information content (AvgIpc) is 3.06. The predicted molar refractivity (Wildman–Crippen MR) is 94.2 cm³/mol. The summed E-state index contributed by atoms with van der Waals surface area (Å²) in [6.45, 7) is 0.461. The van der Waals surface area contributed by atoms with Gasteiger partial charge in [-0.25, -0.2) is 13.4 Å². The third-order valence-electron chi connectivity index (χ3n) is 3.92. The average molecular weight is 385 g/mol. The van der Waals surface area contributed by atoms with Gasteiger partial charge in [0.1, 0.15) is 0 Å². The van der Waals surface area contributed by atoms with Crippen LogP contribution in [0.1, 0.15) is 6.42 Å². The minimum absolute atomic E-state index is 0.349. The van der Waals surface area contributed by atoms with Crippen LogP contribution in [-0.4, -0.2) is 51.9 Å². The third kappa shape index (κ3) is 2.71. The summed E-state index contributed by atoms with van der Waals surface area (Å²) < 4.78 is 29.4. The summed E-state index contributed by atoms with van der Waals surface area (Å²) in [7, 11) is -3.88. The first kappa shape index (κ1) is 15.9. The van der Waals surface area contributed by atoms with E-state index >= 15 is 0 Å². The van der Waals surface area contributed by atoms with E-state index in [1.807, 2.05) is 0 Å². The Labute approximate surface area is 148 Å². The van der Waals surface area contributed by atoms with Gasteiger partial charge in [0.25, 0.3) is 10.0 Å². The van der Waals surface area contributed by atoms with Crippen molar-refractivity contribution in [3.63, 3.8) is 0 Å². The Kier molecular flexibility index (Phi) is 3.83. The summed E-state index contributed by atoms with van der Waals surface area (Å²) in [5, 5.41) is 11.9. The van der Waals surface area contributed by atoms with Gasteiger partial charge in [-0.05, 0) is 35.1 Å². The van der Waals surface area contributed by atoms with Crippen LogP contribution >= 0.6 is 23.4 Å². The lowest BCUT2D eigenvalue weighted by Crippen LogP contribution is -2.38. The number of allylic oxidation sites excluding steroid dienone is 4. The smallest absolute Gasteiger partial charge is 0.278 e. The van der Waals surface area contributed by atoms with E-state index in [9.17, 15) is 13.6 Å². The monoisotopic (exact) mass is 384 g/mol. The van der Waals surface area contributed by atoms with Gasteiger partial charge in [0.05, 0.1) is 5.71 Å². The van der Waals surface area contributed by atoms with Gasteiger partial charge in [0, 0.05) is 18.9 Å². The Hall–Kier alpha value is -1.55. The first-order chi connectivity index (χ1) is 11.4. The van der Waals surface area contributed by atoms with Crippen LogP contribution in [0.4, 0.5) is 0 Å². The first-order valence-corrected chi connectivity index (χ1v) is 10.00. The van der Waals surface area contributed by atoms with Crippen molar-refractivity contribution in [2.24, 2.45) is 9.39 Å². The maximum absolute atomic E-state index is 12.7. The van der Waals surface area contributed by atoms with E-state index < -0.39 is 20.9 Å². The molecule has 2 unspecified atom stereocenters. The Balaban J connectivity index is 1.64. The molecule has 24 heavy (non-hydrogen) atoms. The molecule has 0 fully saturated rings. The van der Waals surface area contributed by atoms with Gasteiger partial charge in [-0.3, -0.25) is 10.3 Å². The summed E-state index contributed by atoms with van der Waals surface area (Å²) >= 11 is 7.44. The quantitative estimate of drug-likeness (QED) is 0.579. The van der Waals surface area contributed by atoms with Crippen molar-refractivity contribution in [1.82, 2.24) is 9.96 Å². The number of hydrogen-bond donors (Lipinski definition) is 1. The molecule has 7 nitrogen and oxygen atoms in total. The van der Waals surface area contributed by atoms with Crippen LogP contribution in [0.15, 0.2) is 56.6 Å². The van der Waals surface area contributed by atoms with E-state index in [1.165, 1.54) is 16.7 Å². The highest BCUT2D eigenvalue weighted by Gasteiger charge is 2.45. The van der Waals surface area contributed by atoms with Gasteiger partial charge in [0.2, 0.25) is 0 Å². The highest BCUT2D eigenvalue weighted by molar-refractivity contribution is 8.16. The Morgan fingerprint density at radius 1 is 1.42 bits per heavy atom. The van der Waals surface area contributed by atoms with Gasteiger partial charge in [-0.1, -0.05) is 29.4 Å². The molecule has 0 spiro atoms. The van der Waals surface area contributed by atoms with Crippen molar-refractivity contribution >= 4 is 44.3 Å². The molecule has 0 aromatic heterocycles. The SMILES string of the molecule is O=S(=O)(N=C1C=CC2=CN(O)CCC2=C1)C1C(Cl)N=C2SC=CN21. The number of nitrogens with zero attached hydrogens (tertiary/aromatic N) is 4. The lowest BCUT2D eigenvalue weighted by Gasteiger charge is -2.24. The first-order valence-electron chi connectivity index (χ1n) is 7.18. The fourth-order valence-corrected chi connectivity index (χ4v) is 5.64. The minimum Gasteiger partial charge on any atom is -0.305 e. The minimum atomic E-state index is -3.88. The highest BCUT2D eigenvalue weighted by Crippen LogP contribution is 2.35. The van der Waals surface area contributed by atoms with Crippen LogP contribution in [0.5, 0.6) is 0 Å². The molecule has 0 aromatic carbocycles. The van der Waals surface area contributed by atoms with Gasteiger partial charge in [-0.2, -0.15) is 4.40 Å². The number of amidine groups is 1. The Bertz CT molecular complexity index is 872. The molecular formula is C14H13ClN4O3S2. The Morgan fingerprint density at radius 2 is 2.25 bits per heavy atom. The molecule has 1 aliphatic carbocycles. The molecule has 3 heterocycles. The van der Waals surface area contributed by atoms with Crippen molar-refractivity contribution in [2.75, 3.05) is 6.54 Å². The number of alkyl halides is 1. The molecule has 0 saturated carbocycles. The summed E-state index contributed by atoms with van der Waals surface area (Å²) in [6.07, 6.45) is 8.96. The molecule has 4 rings (SSSR count). The fraction of sp³-hybridized carbons (Fsp3) is 0.286. The van der Waals surface area contributed by atoms with Crippen LogP contribution in [-0.2, 0) is 10.0 Å². The maximum atomic E-state index is 12.7. The van der Waals surface area contributed by atoms with Crippen molar-refractivity contribution in [2.45, 2.75) is 17.3 Å². The van der Waals surface area contributed by atoms with Crippen LogP contribution in [0, 0.1) is 0 Å². The topological polar surface area (TPSA) is 85.6 Å². The Morgan fingerprint density at radius 3 is 3.08 bits per heavy atom. The molecule has 0 saturated heterocycles. The predicted octanol–water partition coefficient (Wildman–Crippen LogP) is 2.01. The fourth-order valence-electron chi connectivity index (χ4n) is 2.81. The van der Waals surface area contributed by atoms with E-state index in [0.717, 1.165) is 16.2 Å². The highest BCUT2D eigenvalue weighted by atomic mass is 35.5. The molecule has 0 bridgehead atoms. The van der Waals surface area contributed by atoms with Gasteiger partial charge in [0.15, 0.2) is 16.0 Å². The summed E-state index contributed by atoms with van der Waals surface area (Å²) in [5.74, 6) is 0. The lowest BCUT2D eigenvalue weighted by atomic mass is 9.95. The second-order valence-electron chi connectivity index (χ2n) is 5.52. The van der Waals surface area contributed by atoms with E-state index in [4.69, 9.17) is 11.6 Å². The van der Waals surface area contributed by atoms with E-state index in [2.05, 4.69) is 9.39 Å². The van der Waals surface area contributed by atoms with Gasteiger partial charge in [-0.15, -0.1) is 0 Å². The summed E-state index contributed by atoms with van der Waals surface area (Å²) in [5.41, 5.74) is 1.25. The number of halogens is 1. The van der Waals surface area contributed by atoms with Gasteiger partial charge >= 0.3 is 0 Å². The number of hydrogen-bond acceptors (Lipinski definition) is 7. The standard InChI is InChI=1S/C14H13ClN4O3S2/c15-12-13(19-5-6-23-14(19)16-12)24(21,22)17-11-2-1-10-8-18(20)4-3-9(10)7-11/h1-2,5-8,12-13,20H,3-4H2. The van der Waals surface area contributed by atoms with E-state index in [-0.39, 0.29) is 0 Å². The molecular weight excluding hydrogens is 372 g/mol. The zero-order chi connectivity index (χ0) is 16.9. The molecule has 2 atom stereocenters. The van der Waals surface area contributed by atoms with Crippen molar-refractivity contribution in [1.29, 1.82) is 0 Å². The van der Waals surface area contributed by atoms with Crippen LogP contribution in [0.3, 0.4) is 0 Å². The van der Waals surface area contributed by atoms with Crippen LogP contribution < -0.4 is 0 Å². The number of hydroxylamine groups is 2. The zero-order valence-electron chi connectivity index (χ0n) is 12.3. The normalized spacial score (nSPS) is 30.2. The summed E-state index contributed by atoms with van der Waals surface area (Å²) in [6, 6.07) is 0. The largest absolute Gasteiger partial charge is 0.305 e. The molecule has 0 radical (unpaired) electrons. The van der Waals surface area contributed by atoms with Crippen LogP contribution in [0.25, 0.3) is 0 Å². The van der Waals surface area contributed by atoms with Crippen molar-refractivity contribution in [3.8, 4) is 0 Å². The van der Waals surface area contributed by atoms with Crippen LogP contribution in [0.2, 0.25) is 0 Å². The zero-order valence-corrected chi connectivity index (χ0v) is 14.7. The molecule has 10 heteroatoms. The van der Waals surface area contributed by atoms with Gasteiger partial charge < -0.3 is 4.90 Å². The number of rotatable bonds is 2. The van der Waals surface area contributed by atoms with E-state index in [0.29, 0.717) is 23.8 Å². The molecule has 0 aromatic rings. The van der Waals surface area contributed by atoms with Crippen molar-refractivity contribution in [3.05, 3.63) is 47.2 Å². The number of sulfonamides is 1. The number of fused-ring (bicyclic) bond motifs is 2. The number of aliphatic imine (C=N–C) groups is 1. The number of thioether (sulfide) groups is 1. The molecule has 126 valence electrons. The van der Waals surface area contributed by atoms with Crippen molar-refractivity contribution < 1.29 is 13.6 Å². The molecule has 3 aliphatic heterocycles. The molecule has 1 N–H and O–H groups in total.